The topological polar surface area (TPSA) is 81.2 Å². The highest BCUT2D eigenvalue weighted by Crippen LogP contribution is 2.28. The largest absolute Gasteiger partial charge is 0.444 e. The molecular formula is C13H15N3O3. The third-order valence-corrected chi connectivity index (χ3v) is 2.73. The summed E-state index contributed by atoms with van der Waals surface area (Å²) in [6, 6.07) is 4.81. The van der Waals surface area contributed by atoms with Crippen LogP contribution < -0.4 is 5.32 Å². The number of anilines is 1. The predicted molar refractivity (Wildman–Crippen MR) is 71.1 cm³/mol. The lowest BCUT2D eigenvalue weighted by molar-refractivity contribution is -0.384. The van der Waals surface area contributed by atoms with E-state index in [9.17, 15) is 10.1 Å². The molecule has 1 aromatic heterocycles. The summed E-state index contributed by atoms with van der Waals surface area (Å²) in [6.45, 7) is 5.46. The van der Waals surface area contributed by atoms with E-state index in [0.717, 1.165) is 5.56 Å². The lowest BCUT2D eigenvalue weighted by Crippen LogP contribution is -2.08. The van der Waals surface area contributed by atoms with E-state index in [-0.39, 0.29) is 11.7 Å². The van der Waals surface area contributed by atoms with Gasteiger partial charge < -0.3 is 9.73 Å². The highest BCUT2D eigenvalue weighted by molar-refractivity contribution is 5.63. The van der Waals surface area contributed by atoms with E-state index in [1.165, 1.54) is 6.07 Å². The Morgan fingerprint density at radius 3 is 2.74 bits per heavy atom. The van der Waals surface area contributed by atoms with Crippen molar-refractivity contribution in [2.24, 2.45) is 0 Å². The van der Waals surface area contributed by atoms with Gasteiger partial charge in [-0.3, -0.25) is 10.1 Å². The number of nitro groups is 1. The van der Waals surface area contributed by atoms with Gasteiger partial charge in [-0.05, 0) is 32.4 Å². The van der Waals surface area contributed by atoms with Gasteiger partial charge in [-0.1, -0.05) is 6.07 Å². The molecule has 0 fully saturated rings. The molecule has 0 radical (unpaired) electrons. The molecule has 0 saturated heterocycles. The monoisotopic (exact) mass is 261 g/mol. The molecule has 0 saturated carbocycles. The minimum Gasteiger partial charge on any atom is -0.444 e. The number of nitrogens with one attached hydrogen (secondary N) is 1. The van der Waals surface area contributed by atoms with Gasteiger partial charge in [-0.25, -0.2) is 4.98 Å². The highest BCUT2D eigenvalue weighted by Gasteiger charge is 2.18. The van der Waals surface area contributed by atoms with E-state index in [0.29, 0.717) is 17.3 Å². The highest BCUT2D eigenvalue weighted by atomic mass is 16.6. The maximum Gasteiger partial charge on any atom is 0.292 e. The van der Waals surface area contributed by atoms with Crippen LogP contribution in [0.15, 0.2) is 28.8 Å². The van der Waals surface area contributed by atoms with Crippen LogP contribution in [0, 0.1) is 24.0 Å². The van der Waals surface area contributed by atoms with Crippen LogP contribution >= 0.6 is 0 Å². The molecule has 6 heteroatoms. The number of nitrogens with zero attached hydrogens (tertiary/aromatic N) is 2. The SMILES string of the molecule is Cc1ccc(NC(C)c2ncc(C)o2)c([N+](=O)[O-])c1. The lowest BCUT2D eigenvalue weighted by atomic mass is 10.2. The second-order valence-electron chi connectivity index (χ2n) is 4.45. The lowest BCUT2D eigenvalue weighted by Gasteiger charge is -2.12. The summed E-state index contributed by atoms with van der Waals surface area (Å²) in [5, 5.41) is 14.1. The van der Waals surface area contributed by atoms with Gasteiger partial charge in [0.1, 0.15) is 17.5 Å². The Bertz CT molecular complexity index is 607. The number of hydrogen-bond donors (Lipinski definition) is 1. The Balaban J connectivity index is 2.26. The van der Waals surface area contributed by atoms with E-state index in [1.807, 2.05) is 19.9 Å². The molecule has 100 valence electrons. The molecule has 0 spiro atoms. The molecule has 0 aliphatic rings. The summed E-state index contributed by atoms with van der Waals surface area (Å²) in [5.41, 5.74) is 1.35. The minimum atomic E-state index is -0.400. The Labute approximate surface area is 110 Å². The average Bonchev–Trinajstić information content (AvgIpc) is 2.78. The van der Waals surface area contributed by atoms with Crippen molar-refractivity contribution in [1.82, 2.24) is 4.98 Å². The zero-order chi connectivity index (χ0) is 14.0. The first-order valence-electron chi connectivity index (χ1n) is 5.91. The number of rotatable bonds is 4. The first-order chi connectivity index (χ1) is 8.97. The summed E-state index contributed by atoms with van der Waals surface area (Å²) in [4.78, 5) is 14.7. The van der Waals surface area contributed by atoms with Crippen molar-refractivity contribution in [3.8, 4) is 0 Å². The molecule has 1 unspecified atom stereocenters. The van der Waals surface area contributed by atoms with Crippen molar-refractivity contribution in [1.29, 1.82) is 0 Å². The molecule has 2 rings (SSSR count). The standard InChI is InChI=1S/C13H15N3O3/c1-8-4-5-11(12(6-8)16(17)18)15-10(3)13-14-7-9(2)19-13/h4-7,10,15H,1-3H3. The Morgan fingerprint density at radius 2 is 2.16 bits per heavy atom. The molecule has 0 aliphatic heterocycles. The van der Waals surface area contributed by atoms with E-state index in [1.54, 1.807) is 19.2 Å². The molecule has 1 N–H and O–H groups in total. The second kappa shape index (κ2) is 5.09. The van der Waals surface area contributed by atoms with Crippen molar-refractivity contribution in [2.45, 2.75) is 26.8 Å². The quantitative estimate of drug-likeness (QED) is 0.674. The molecule has 0 amide bonds. The number of oxazole rings is 1. The molecule has 0 aliphatic carbocycles. The van der Waals surface area contributed by atoms with Gasteiger partial charge in [-0.15, -0.1) is 0 Å². The fourth-order valence-electron chi connectivity index (χ4n) is 1.78. The van der Waals surface area contributed by atoms with Crippen LogP contribution in [0.5, 0.6) is 0 Å². The zero-order valence-corrected chi connectivity index (χ0v) is 11.0. The van der Waals surface area contributed by atoms with Crippen molar-refractivity contribution in [3.05, 3.63) is 51.7 Å². The molecule has 2 aromatic rings. The fraction of sp³-hybridized carbons (Fsp3) is 0.308. The maximum absolute atomic E-state index is 11.0. The van der Waals surface area contributed by atoms with Crippen LogP contribution in [0.2, 0.25) is 0 Å². The number of benzene rings is 1. The zero-order valence-electron chi connectivity index (χ0n) is 11.0. The third-order valence-electron chi connectivity index (χ3n) is 2.73. The van der Waals surface area contributed by atoms with Crippen molar-refractivity contribution < 1.29 is 9.34 Å². The Morgan fingerprint density at radius 1 is 1.42 bits per heavy atom. The van der Waals surface area contributed by atoms with E-state index in [4.69, 9.17) is 4.42 Å². The van der Waals surface area contributed by atoms with Crippen LogP contribution in [-0.4, -0.2) is 9.91 Å². The molecule has 1 aromatic carbocycles. The van der Waals surface area contributed by atoms with Gasteiger partial charge in [0.05, 0.1) is 11.1 Å². The normalized spacial score (nSPS) is 12.2. The van der Waals surface area contributed by atoms with Crippen LogP contribution in [0.1, 0.15) is 30.2 Å². The summed E-state index contributed by atoms with van der Waals surface area (Å²) in [6.07, 6.45) is 1.62. The molecular weight excluding hydrogens is 246 g/mol. The third kappa shape index (κ3) is 2.90. The number of hydrogen-bond acceptors (Lipinski definition) is 5. The molecule has 6 nitrogen and oxygen atoms in total. The first kappa shape index (κ1) is 13.1. The second-order valence-corrected chi connectivity index (χ2v) is 4.45. The van der Waals surface area contributed by atoms with Crippen LogP contribution in [-0.2, 0) is 0 Å². The van der Waals surface area contributed by atoms with Crippen LogP contribution in [0.3, 0.4) is 0 Å². The molecule has 19 heavy (non-hydrogen) atoms. The number of nitro benzene ring substituents is 1. The summed E-state index contributed by atoms with van der Waals surface area (Å²) in [5.74, 6) is 1.22. The molecule has 1 heterocycles. The smallest absolute Gasteiger partial charge is 0.292 e. The summed E-state index contributed by atoms with van der Waals surface area (Å²) < 4.78 is 5.40. The van der Waals surface area contributed by atoms with Crippen molar-refractivity contribution in [3.63, 3.8) is 0 Å². The van der Waals surface area contributed by atoms with Crippen LogP contribution in [0.4, 0.5) is 11.4 Å². The summed E-state index contributed by atoms with van der Waals surface area (Å²) >= 11 is 0. The van der Waals surface area contributed by atoms with E-state index < -0.39 is 4.92 Å². The Kier molecular flexibility index (Phi) is 3.50. The number of aryl methyl sites for hydroxylation is 2. The van der Waals surface area contributed by atoms with Gasteiger partial charge in [0.15, 0.2) is 0 Å². The molecule has 0 bridgehead atoms. The van der Waals surface area contributed by atoms with E-state index >= 15 is 0 Å². The molecule has 1 atom stereocenters. The van der Waals surface area contributed by atoms with Gasteiger partial charge in [0, 0.05) is 6.07 Å². The van der Waals surface area contributed by atoms with Crippen molar-refractivity contribution in [2.75, 3.05) is 5.32 Å². The van der Waals surface area contributed by atoms with Gasteiger partial charge in [0.25, 0.3) is 5.69 Å². The van der Waals surface area contributed by atoms with Gasteiger partial charge in [0.2, 0.25) is 5.89 Å². The fourth-order valence-corrected chi connectivity index (χ4v) is 1.78. The minimum absolute atomic E-state index is 0.0510. The van der Waals surface area contributed by atoms with Crippen molar-refractivity contribution >= 4 is 11.4 Å². The van der Waals surface area contributed by atoms with E-state index in [2.05, 4.69) is 10.3 Å². The predicted octanol–water partition coefficient (Wildman–Crippen LogP) is 3.37. The van der Waals surface area contributed by atoms with Gasteiger partial charge >= 0.3 is 0 Å². The first-order valence-corrected chi connectivity index (χ1v) is 5.91. The average molecular weight is 261 g/mol. The van der Waals surface area contributed by atoms with Gasteiger partial charge in [-0.2, -0.15) is 0 Å². The van der Waals surface area contributed by atoms with Crippen LogP contribution in [0.25, 0.3) is 0 Å². The Hall–Kier alpha value is -2.37. The number of aromatic nitrogens is 1. The maximum atomic E-state index is 11.0. The summed E-state index contributed by atoms with van der Waals surface area (Å²) in [7, 11) is 0.